The largest absolute Gasteiger partial charge is 0.489 e. The van der Waals surface area contributed by atoms with Gasteiger partial charge in [-0.3, -0.25) is 0 Å². The molecule has 0 radical (unpaired) electrons. The normalized spacial score (nSPS) is 10.6. The first kappa shape index (κ1) is 20.0. The Kier molecular flexibility index (Phi) is 6.31. The maximum absolute atomic E-state index is 14.2. The third kappa shape index (κ3) is 5.00. The summed E-state index contributed by atoms with van der Waals surface area (Å²) in [4.78, 5) is 0. The molecule has 4 heteroatoms. The Morgan fingerprint density at radius 2 is 1.23 bits per heavy atom. The topological polar surface area (TPSA) is 18.5 Å². The molecule has 0 saturated heterocycles. The highest BCUT2D eigenvalue weighted by Gasteiger charge is 2.12. The molecule has 0 heterocycles. The van der Waals surface area contributed by atoms with Crippen LogP contribution in [0.1, 0.15) is 11.1 Å². The predicted octanol–water partition coefficient (Wildman–Crippen LogP) is 7.30. The zero-order valence-electron chi connectivity index (χ0n) is 16.2. The minimum atomic E-state index is -0.483. The van der Waals surface area contributed by atoms with Crippen LogP contribution in [0.5, 0.6) is 11.5 Å². The molecule has 0 N–H and O–H groups in total. The van der Waals surface area contributed by atoms with Gasteiger partial charge in [0.05, 0.1) is 5.02 Å². The molecule has 0 aliphatic rings. The molecule has 0 atom stereocenters. The van der Waals surface area contributed by atoms with Crippen molar-refractivity contribution >= 4 is 11.6 Å². The van der Waals surface area contributed by atoms with E-state index in [0.717, 1.165) is 22.4 Å². The quantitative estimate of drug-likeness (QED) is 0.313. The smallest absolute Gasteiger partial charge is 0.142 e. The summed E-state index contributed by atoms with van der Waals surface area (Å²) in [7, 11) is 0. The first-order valence-electron chi connectivity index (χ1n) is 9.62. The van der Waals surface area contributed by atoms with Crippen molar-refractivity contribution in [3.63, 3.8) is 0 Å². The Bertz CT molecular complexity index is 1100. The molecular weight excluding hydrogens is 399 g/mol. The highest BCUT2D eigenvalue weighted by Crippen LogP contribution is 2.35. The maximum atomic E-state index is 14.2. The highest BCUT2D eigenvalue weighted by molar-refractivity contribution is 6.31. The van der Waals surface area contributed by atoms with E-state index in [1.807, 2.05) is 84.9 Å². The average Bonchev–Trinajstić information content (AvgIpc) is 2.80. The number of halogens is 2. The molecular formula is C26H20ClFO2. The lowest BCUT2D eigenvalue weighted by molar-refractivity contribution is 0.305. The van der Waals surface area contributed by atoms with Gasteiger partial charge < -0.3 is 9.47 Å². The summed E-state index contributed by atoms with van der Waals surface area (Å²) >= 11 is 6.00. The molecule has 0 spiro atoms. The van der Waals surface area contributed by atoms with Crippen LogP contribution < -0.4 is 9.47 Å². The predicted molar refractivity (Wildman–Crippen MR) is 118 cm³/mol. The minimum Gasteiger partial charge on any atom is -0.489 e. The monoisotopic (exact) mass is 418 g/mol. The molecule has 0 unspecified atom stereocenters. The Balaban J connectivity index is 1.52. The van der Waals surface area contributed by atoms with E-state index in [4.69, 9.17) is 21.1 Å². The standard InChI is InChI=1S/C26H20ClFO2/c27-24-16-26(30-18-20-9-5-2-6-10-20)23(15-25(24)28)21-11-13-22(14-12-21)29-17-19-7-3-1-4-8-19/h1-16H,17-18H2. The van der Waals surface area contributed by atoms with Crippen molar-refractivity contribution < 1.29 is 13.9 Å². The SMILES string of the molecule is Fc1cc(-c2ccc(OCc3ccccc3)cc2)c(OCc2ccccc2)cc1Cl. The van der Waals surface area contributed by atoms with Crippen LogP contribution in [0.25, 0.3) is 11.1 Å². The van der Waals surface area contributed by atoms with E-state index >= 15 is 0 Å². The van der Waals surface area contributed by atoms with Crippen molar-refractivity contribution in [1.82, 2.24) is 0 Å². The lowest BCUT2D eigenvalue weighted by Gasteiger charge is -2.14. The number of ether oxygens (including phenoxy) is 2. The molecule has 0 bridgehead atoms. The lowest BCUT2D eigenvalue weighted by atomic mass is 10.0. The fraction of sp³-hybridized carbons (Fsp3) is 0.0769. The van der Waals surface area contributed by atoms with Crippen molar-refractivity contribution in [2.24, 2.45) is 0 Å². The fourth-order valence-corrected chi connectivity index (χ4v) is 3.23. The Labute approximate surface area is 180 Å². The van der Waals surface area contributed by atoms with Crippen molar-refractivity contribution in [2.75, 3.05) is 0 Å². The van der Waals surface area contributed by atoms with E-state index in [0.29, 0.717) is 24.5 Å². The molecule has 0 aliphatic carbocycles. The first-order chi connectivity index (χ1) is 14.7. The molecule has 30 heavy (non-hydrogen) atoms. The van der Waals surface area contributed by atoms with Crippen LogP contribution in [-0.4, -0.2) is 0 Å². The second-order valence-electron chi connectivity index (χ2n) is 6.84. The molecule has 0 aromatic heterocycles. The average molecular weight is 419 g/mol. The molecule has 4 rings (SSSR count). The summed E-state index contributed by atoms with van der Waals surface area (Å²) in [5.74, 6) is 0.787. The second kappa shape index (κ2) is 9.47. The van der Waals surface area contributed by atoms with Gasteiger partial charge in [0, 0.05) is 11.6 Å². The minimum absolute atomic E-state index is 0.0321. The van der Waals surface area contributed by atoms with Gasteiger partial charge in [-0.25, -0.2) is 4.39 Å². The van der Waals surface area contributed by atoms with Gasteiger partial charge in [-0.05, 0) is 34.9 Å². The lowest BCUT2D eigenvalue weighted by Crippen LogP contribution is -1.98. The summed E-state index contributed by atoms with van der Waals surface area (Å²) in [5, 5.41) is 0.0321. The number of benzene rings is 4. The molecule has 150 valence electrons. The first-order valence-corrected chi connectivity index (χ1v) is 10.00. The molecule has 4 aromatic carbocycles. The van der Waals surface area contributed by atoms with E-state index in [9.17, 15) is 4.39 Å². The molecule has 4 aromatic rings. The van der Waals surface area contributed by atoms with Crippen molar-refractivity contribution in [3.8, 4) is 22.6 Å². The molecule has 0 saturated carbocycles. The second-order valence-corrected chi connectivity index (χ2v) is 7.24. The van der Waals surface area contributed by atoms with Gasteiger partial charge in [-0.1, -0.05) is 84.4 Å². The van der Waals surface area contributed by atoms with Crippen LogP contribution in [0.15, 0.2) is 97.1 Å². The van der Waals surface area contributed by atoms with E-state index in [2.05, 4.69) is 0 Å². The Hall–Kier alpha value is -3.30. The van der Waals surface area contributed by atoms with Crippen LogP contribution in [0.2, 0.25) is 5.02 Å². The summed E-state index contributed by atoms with van der Waals surface area (Å²) in [6.07, 6.45) is 0. The summed E-state index contributed by atoms with van der Waals surface area (Å²) < 4.78 is 26.0. The van der Waals surface area contributed by atoms with Gasteiger partial charge in [-0.15, -0.1) is 0 Å². The molecule has 0 aliphatic heterocycles. The maximum Gasteiger partial charge on any atom is 0.142 e. The van der Waals surface area contributed by atoms with Crippen LogP contribution in [0.3, 0.4) is 0 Å². The molecule has 0 amide bonds. The van der Waals surface area contributed by atoms with Gasteiger partial charge in [0.15, 0.2) is 0 Å². The summed E-state index contributed by atoms with van der Waals surface area (Å²) in [6, 6.07) is 30.2. The third-order valence-electron chi connectivity index (χ3n) is 4.67. The third-order valence-corrected chi connectivity index (χ3v) is 4.96. The van der Waals surface area contributed by atoms with Gasteiger partial charge in [0.2, 0.25) is 0 Å². The zero-order valence-corrected chi connectivity index (χ0v) is 17.0. The van der Waals surface area contributed by atoms with E-state index in [1.54, 1.807) is 0 Å². The summed E-state index contributed by atoms with van der Waals surface area (Å²) in [5.41, 5.74) is 3.58. The van der Waals surface area contributed by atoms with Gasteiger partial charge >= 0.3 is 0 Å². The van der Waals surface area contributed by atoms with Crippen LogP contribution in [-0.2, 0) is 13.2 Å². The number of hydrogen-bond acceptors (Lipinski definition) is 2. The van der Waals surface area contributed by atoms with Crippen LogP contribution in [0, 0.1) is 5.82 Å². The fourth-order valence-electron chi connectivity index (χ4n) is 3.08. The van der Waals surface area contributed by atoms with Crippen molar-refractivity contribution in [2.45, 2.75) is 13.2 Å². The number of rotatable bonds is 7. The van der Waals surface area contributed by atoms with Crippen molar-refractivity contribution in [1.29, 1.82) is 0 Å². The zero-order chi connectivity index (χ0) is 20.8. The Morgan fingerprint density at radius 1 is 0.667 bits per heavy atom. The molecule has 2 nitrogen and oxygen atoms in total. The Morgan fingerprint density at radius 3 is 1.83 bits per heavy atom. The van der Waals surface area contributed by atoms with Crippen LogP contribution in [0.4, 0.5) is 4.39 Å². The van der Waals surface area contributed by atoms with E-state index < -0.39 is 5.82 Å². The highest BCUT2D eigenvalue weighted by atomic mass is 35.5. The van der Waals surface area contributed by atoms with Crippen LogP contribution >= 0.6 is 11.6 Å². The summed E-state index contributed by atoms with van der Waals surface area (Å²) in [6.45, 7) is 0.856. The van der Waals surface area contributed by atoms with Gasteiger partial charge in [0.25, 0.3) is 0 Å². The number of hydrogen-bond donors (Lipinski definition) is 0. The molecule has 0 fully saturated rings. The van der Waals surface area contributed by atoms with E-state index in [1.165, 1.54) is 12.1 Å². The van der Waals surface area contributed by atoms with Crippen molar-refractivity contribution in [3.05, 3.63) is 119 Å². The van der Waals surface area contributed by atoms with Gasteiger partial charge in [0.1, 0.15) is 30.5 Å². The van der Waals surface area contributed by atoms with Gasteiger partial charge in [-0.2, -0.15) is 0 Å². The van der Waals surface area contributed by atoms with E-state index in [-0.39, 0.29) is 5.02 Å².